The second-order valence-electron chi connectivity index (χ2n) is 5.91. The molecule has 0 radical (unpaired) electrons. The van der Waals surface area contributed by atoms with Gasteiger partial charge >= 0.3 is 0 Å². The summed E-state index contributed by atoms with van der Waals surface area (Å²) in [5.41, 5.74) is 4.24. The van der Waals surface area contributed by atoms with Crippen LogP contribution in [0.1, 0.15) is 28.5 Å². The summed E-state index contributed by atoms with van der Waals surface area (Å²) >= 11 is 0. The van der Waals surface area contributed by atoms with E-state index in [-0.39, 0.29) is 18.4 Å². The highest BCUT2D eigenvalue weighted by molar-refractivity contribution is 5.99. The van der Waals surface area contributed by atoms with E-state index in [0.717, 1.165) is 11.1 Å². The quantitative estimate of drug-likeness (QED) is 0.724. The summed E-state index contributed by atoms with van der Waals surface area (Å²) in [4.78, 5) is 24.1. The number of furan rings is 1. The molecular weight excluding hydrogens is 318 g/mol. The minimum Gasteiger partial charge on any atom is -0.463 e. The molecule has 3 aromatic rings. The maximum absolute atomic E-state index is 12.5. The van der Waals surface area contributed by atoms with Crippen molar-refractivity contribution in [3.63, 3.8) is 0 Å². The van der Waals surface area contributed by atoms with Crippen molar-refractivity contribution in [2.75, 3.05) is 13.1 Å². The van der Waals surface area contributed by atoms with E-state index in [2.05, 4.69) is 10.6 Å². The lowest BCUT2D eigenvalue weighted by molar-refractivity contribution is -0.120. The number of aromatic nitrogens is 1. The van der Waals surface area contributed by atoms with Gasteiger partial charge in [0.1, 0.15) is 5.69 Å². The largest absolute Gasteiger partial charge is 0.463 e. The Bertz CT molecular complexity index is 890. The molecule has 2 N–H and O–H groups in total. The van der Waals surface area contributed by atoms with E-state index in [0.29, 0.717) is 24.4 Å². The first-order valence-electron chi connectivity index (χ1n) is 8.25. The summed E-state index contributed by atoms with van der Waals surface area (Å²) in [6.45, 7) is 4.90. The number of likely N-dealkylation sites (N-methyl/N-ethyl adjacent to an activating group) is 1. The fraction of sp³-hybridized carbons (Fsp3) is 0.263. The molecule has 2 aromatic heterocycles. The third kappa shape index (κ3) is 3.74. The first-order valence-corrected chi connectivity index (χ1v) is 8.25. The van der Waals surface area contributed by atoms with Crippen LogP contribution in [0, 0.1) is 6.92 Å². The van der Waals surface area contributed by atoms with Gasteiger partial charge in [0.2, 0.25) is 5.91 Å². The van der Waals surface area contributed by atoms with Gasteiger partial charge < -0.3 is 19.6 Å². The van der Waals surface area contributed by atoms with Crippen molar-refractivity contribution in [1.82, 2.24) is 15.2 Å². The van der Waals surface area contributed by atoms with E-state index in [1.807, 2.05) is 48.7 Å². The van der Waals surface area contributed by atoms with Gasteiger partial charge in [0.05, 0.1) is 18.3 Å². The van der Waals surface area contributed by atoms with Gasteiger partial charge in [0.25, 0.3) is 5.91 Å². The minimum absolute atomic E-state index is 0.0518. The van der Waals surface area contributed by atoms with Crippen LogP contribution in [-0.2, 0) is 11.3 Å². The normalized spacial score (nSPS) is 10.8. The van der Waals surface area contributed by atoms with E-state index in [1.54, 1.807) is 12.3 Å². The molecule has 0 aliphatic heterocycles. The van der Waals surface area contributed by atoms with Crippen molar-refractivity contribution in [3.05, 3.63) is 59.5 Å². The molecule has 6 nitrogen and oxygen atoms in total. The lowest BCUT2D eigenvalue weighted by atomic mass is 10.1. The van der Waals surface area contributed by atoms with Crippen LogP contribution in [-0.4, -0.2) is 29.5 Å². The van der Waals surface area contributed by atoms with Crippen LogP contribution in [0.5, 0.6) is 0 Å². The van der Waals surface area contributed by atoms with Crippen molar-refractivity contribution >= 4 is 22.9 Å². The first kappa shape index (κ1) is 16.8. The Kier molecular flexibility index (Phi) is 4.88. The molecule has 25 heavy (non-hydrogen) atoms. The van der Waals surface area contributed by atoms with Crippen LogP contribution in [0.3, 0.4) is 0 Å². The Balaban J connectivity index is 1.84. The molecule has 2 heterocycles. The van der Waals surface area contributed by atoms with Gasteiger partial charge in [-0.1, -0.05) is 29.8 Å². The smallest absolute Gasteiger partial charge is 0.268 e. The zero-order valence-corrected chi connectivity index (χ0v) is 14.3. The highest BCUT2D eigenvalue weighted by Crippen LogP contribution is 2.22. The van der Waals surface area contributed by atoms with Gasteiger partial charge in [-0.2, -0.15) is 0 Å². The third-order valence-electron chi connectivity index (χ3n) is 4.00. The number of hydrogen-bond donors (Lipinski definition) is 2. The molecule has 0 fully saturated rings. The molecule has 0 saturated carbocycles. The van der Waals surface area contributed by atoms with E-state index in [1.165, 1.54) is 5.56 Å². The van der Waals surface area contributed by atoms with E-state index < -0.39 is 0 Å². The summed E-state index contributed by atoms with van der Waals surface area (Å²) in [5.74, 6) is -0.513. The molecule has 0 unspecified atom stereocenters. The van der Waals surface area contributed by atoms with Crippen LogP contribution >= 0.6 is 0 Å². The van der Waals surface area contributed by atoms with Crippen LogP contribution in [0.2, 0.25) is 0 Å². The van der Waals surface area contributed by atoms with Crippen LogP contribution in [0.15, 0.2) is 47.1 Å². The number of amides is 2. The molecule has 0 spiro atoms. The van der Waals surface area contributed by atoms with Crippen LogP contribution in [0.4, 0.5) is 0 Å². The summed E-state index contributed by atoms with van der Waals surface area (Å²) in [5, 5.41) is 5.31. The Morgan fingerprint density at radius 3 is 2.60 bits per heavy atom. The third-order valence-corrected chi connectivity index (χ3v) is 4.00. The maximum atomic E-state index is 12.5. The number of nitrogens with one attached hydrogen (secondary N) is 2. The lowest BCUT2D eigenvalue weighted by Gasteiger charge is -2.11. The molecule has 0 saturated heterocycles. The Morgan fingerprint density at radius 1 is 1.12 bits per heavy atom. The number of benzene rings is 1. The topological polar surface area (TPSA) is 76.3 Å². The number of carbonyl (C=O) groups excluding carboxylic acids is 2. The van der Waals surface area contributed by atoms with Crippen LogP contribution in [0.25, 0.3) is 11.1 Å². The molecular formula is C19H21N3O3. The second-order valence-corrected chi connectivity index (χ2v) is 5.91. The van der Waals surface area contributed by atoms with Gasteiger partial charge in [0, 0.05) is 25.2 Å². The van der Waals surface area contributed by atoms with Crippen molar-refractivity contribution in [3.8, 4) is 0 Å². The standard InChI is InChI=1S/C19H21N3O3/c1-3-20-18(23)11-21-19(24)16-10-17-15(8-9-25-17)22(16)12-14-6-4-13(2)5-7-14/h4-10H,3,11-12H2,1-2H3,(H,20,23)(H,21,24). The lowest BCUT2D eigenvalue weighted by Crippen LogP contribution is -2.37. The molecule has 3 rings (SSSR count). The average molecular weight is 339 g/mol. The van der Waals surface area contributed by atoms with Gasteiger partial charge in [-0.05, 0) is 19.4 Å². The number of aryl methyl sites for hydroxylation is 1. The van der Waals surface area contributed by atoms with Crippen molar-refractivity contribution in [1.29, 1.82) is 0 Å². The zero-order valence-electron chi connectivity index (χ0n) is 14.3. The van der Waals surface area contributed by atoms with Gasteiger partial charge in [0.15, 0.2) is 5.58 Å². The predicted molar refractivity (Wildman–Crippen MR) is 95.5 cm³/mol. The minimum atomic E-state index is -0.301. The van der Waals surface area contributed by atoms with Gasteiger partial charge in [-0.15, -0.1) is 0 Å². The Morgan fingerprint density at radius 2 is 1.88 bits per heavy atom. The SMILES string of the molecule is CCNC(=O)CNC(=O)c1cc2occc2n1Cc1ccc(C)cc1. The summed E-state index contributed by atoms with van der Waals surface area (Å²) in [7, 11) is 0. The molecule has 0 bridgehead atoms. The van der Waals surface area contributed by atoms with Gasteiger partial charge in [-0.25, -0.2) is 0 Å². The number of nitrogens with zero attached hydrogens (tertiary/aromatic N) is 1. The molecule has 0 atom stereocenters. The molecule has 1 aromatic carbocycles. The van der Waals surface area contributed by atoms with Crippen molar-refractivity contribution in [2.45, 2.75) is 20.4 Å². The summed E-state index contributed by atoms with van der Waals surface area (Å²) < 4.78 is 7.33. The van der Waals surface area contributed by atoms with Crippen molar-refractivity contribution in [2.24, 2.45) is 0 Å². The predicted octanol–water partition coefficient (Wildman–Crippen LogP) is 2.46. The number of carbonyl (C=O) groups is 2. The Hall–Kier alpha value is -3.02. The van der Waals surface area contributed by atoms with Crippen LogP contribution < -0.4 is 10.6 Å². The highest BCUT2D eigenvalue weighted by Gasteiger charge is 2.18. The monoisotopic (exact) mass is 339 g/mol. The van der Waals surface area contributed by atoms with E-state index in [4.69, 9.17) is 4.42 Å². The second kappa shape index (κ2) is 7.25. The van der Waals surface area contributed by atoms with E-state index in [9.17, 15) is 9.59 Å². The highest BCUT2D eigenvalue weighted by atomic mass is 16.3. The summed E-state index contributed by atoms with van der Waals surface area (Å²) in [6, 6.07) is 11.7. The van der Waals surface area contributed by atoms with Gasteiger partial charge in [-0.3, -0.25) is 9.59 Å². The van der Waals surface area contributed by atoms with E-state index >= 15 is 0 Å². The average Bonchev–Trinajstić information content (AvgIpc) is 3.17. The number of rotatable bonds is 6. The maximum Gasteiger partial charge on any atom is 0.268 e. The number of hydrogen-bond acceptors (Lipinski definition) is 3. The first-order chi connectivity index (χ1) is 12.1. The Labute approximate surface area is 145 Å². The molecule has 2 amide bonds. The summed E-state index contributed by atoms with van der Waals surface area (Å²) in [6.07, 6.45) is 1.60. The number of fused-ring (bicyclic) bond motifs is 1. The molecule has 0 aliphatic rings. The molecule has 130 valence electrons. The van der Waals surface area contributed by atoms with Crippen molar-refractivity contribution < 1.29 is 14.0 Å². The molecule has 6 heteroatoms. The molecule has 0 aliphatic carbocycles. The fourth-order valence-electron chi connectivity index (χ4n) is 2.72. The fourth-order valence-corrected chi connectivity index (χ4v) is 2.72. The zero-order chi connectivity index (χ0) is 17.8.